The molecular formula is C8H11NO4S2. The van der Waals surface area contributed by atoms with Crippen LogP contribution in [0.15, 0.2) is 6.07 Å². The first-order valence-corrected chi connectivity index (χ1v) is 7.06. The summed E-state index contributed by atoms with van der Waals surface area (Å²) in [6.45, 7) is 1.99. The zero-order chi connectivity index (χ0) is 11.5. The van der Waals surface area contributed by atoms with E-state index >= 15 is 0 Å². The van der Waals surface area contributed by atoms with E-state index in [0.29, 0.717) is 10.6 Å². The second-order valence-electron chi connectivity index (χ2n) is 2.97. The standard InChI is InChI=1S/C8H11NO4S2/c1-3-13-8(10)7-4-6(9-14-7)5-15(2,11)12/h4H,3,5H2,1-2H3. The number of nitrogens with zero attached hydrogens (tertiary/aromatic N) is 1. The SMILES string of the molecule is CCOC(=O)c1cc(CS(C)(=O)=O)ns1. The number of rotatable bonds is 4. The molecule has 1 aromatic rings. The average molecular weight is 249 g/mol. The Hall–Kier alpha value is -0.950. The number of ether oxygens (including phenoxy) is 1. The van der Waals surface area contributed by atoms with Crippen LogP contribution in [0.5, 0.6) is 0 Å². The summed E-state index contributed by atoms with van der Waals surface area (Å²) in [7, 11) is -3.11. The summed E-state index contributed by atoms with van der Waals surface area (Å²) in [6, 6.07) is 1.45. The molecule has 1 heterocycles. The Morgan fingerprint density at radius 3 is 2.80 bits per heavy atom. The van der Waals surface area contributed by atoms with Crippen molar-refractivity contribution in [1.29, 1.82) is 0 Å². The normalized spacial score (nSPS) is 11.3. The summed E-state index contributed by atoms with van der Waals surface area (Å²) in [6.07, 6.45) is 1.12. The fourth-order valence-corrected chi connectivity index (χ4v) is 2.37. The molecule has 0 unspecified atom stereocenters. The van der Waals surface area contributed by atoms with Crippen LogP contribution >= 0.6 is 11.5 Å². The van der Waals surface area contributed by atoms with E-state index in [-0.39, 0.29) is 12.4 Å². The lowest BCUT2D eigenvalue weighted by Crippen LogP contribution is -2.02. The number of hydrogen-bond donors (Lipinski definition) is 0. The van der Waals surface area contributed by atoms with Crippen LogP contribution in [0.3, 0.4) is 0 Å². The molecule has 0 saturated carbocycles. The van der Waals surface area contributed by atoms with Crippen molar-refractivity contribution in [2.45, 2.75) is 12.7 Å². The summed E-state index contributed by atoms with van der Waals surface area (Å²) in [5.41, 5.74) is 0.380. The molecule has 0 radical (unpaired) electrons. The number of carbonyl (C=O) groups excluding carboxylic acids is 1. The summed E-state index contributed by atoms with van der Waals surface area (Å²) in [5.74, 6) is -0.613. The average Bonchev–Trinajstić information content (AvgIpc) is 2.50. The fraction of sp³-hybridized carbons (Fsp3) is 0.500. The van der Waals surface area contributed by atoms with E-state index in [2.05, 4.69) is 4.37 Å². The Balaban J connectivity index is 2.77. The molecule has 0 bridgehead atoms. The zero-order valence-corrected chi connectivity index (χ0v) is 10.0. The third-order valence-electron chi connectivity index (χ3n) is 1.45. The first-order chi connectivity index (χ1) is 6.92. The van der Waals surface area contributed by atoms with Gasteiger partial charge >= 0.3 is 5.97 Å². The summed E-state index contributed by atoms with van der Waals surface area (Å²) in [5, 5.41) is 0. The molecule has 7 heteroatoms. The lowest BCUT2D eigenvalue weighted by Gasteiger charge is -1.95. The first-order valence-electron chi connectivity index (χ1n) is 4.23. The van der Waals surface area contributed by atoms with Gasteiger partial charge in [0.2, 0.25) is 0 Å². The predicted molar refractivity (Wildman–Crippen MR) is 56.6 cm³/mol. The molecule has 0 N–H and O–H groups in total. The van der Waals surface area contributed by atoms with Gasteiger partial charge in [-0.25, -0.2) is 13.2 Å². The van der Waals surface area contributed by atoms with Crippen molar-refractivity contribution in [2.24, 2.45) is 0 Å². The van der Waals surface area contributed by atoms with Crippen molar-refractivity contribution in [3.8, 4) is 0 Å². The van der Waals surface area contributed by atoms with Crippen molar-refractivity contribution in [3.05, 3.63) is 16.6 Å². The van der Waals surface area contributed by atoms with E-state index in [1.54, 1.807) is 6.92 Å². The van der Waals surface area contributed by atoms with Gasteiger partial charge in [0.1, 0.15) is 4.88 Å². The number of esters is 1. The minimum Gasteiger partial charge on any atom is -0.462 e. The maximum absolute atomic E-state index is 11.2. The maximum atomic E-state index is 11.2. The minimum absolute atomic E-state index is 0.150. The number of carbonyl (C=O) groups is 1. The summed E-state index contributed by atoms with van der Waals surface area (Å²) >= 11 is 0.949. The van der Waals surface area contributed by atoms with E-state index in [9.17, 15) is 13.2 Å². The molecule has 0 spiro atoms. The first kappa shape index (κ1) is 12.1. The highest BCUT2D eigenvalue weighted by molar-refractivity contribution is 7.89. The van der Waals surface area contributed by atoms with Gasteiger partial charge in [-0.1, -0.05) is 0 Å². The molecule has 1 rings (SSSR count). The highest BCUT2D eigenvalue weighted by atomic mass is 32.2. The Morgan fingerprint density at radius 2 is 2.27 bits per heavy atom. The maximum Gasteiger partial charge on any atom is 0.349 e. The molecule has 0 atom stereocenters. The number of sulfone groups is 1. The molecule has 0 fully saturated rings. The van der Waals surface area contributed by atoms with E-state index in [1.165, 1.54) is 6.07 Å². The van der Waals surface area contributed by atoms with E-state index in [0.717, 1.165) is 17.8 Å². The van der Waals surface area contributed by atoms with Crippen molar-refractivity contribution >= 4 is 27.3 Å². The van der Waals surface area contributed by atoms with Gasteiger partial charge in [-0.2, -0.15) is 4.37 Å². The topological polar surface area (TPSA) is 73.3 Å². The smallest absolute Gasteiger partial charge is 0.349 e. The van der Waals surface area contributed by atoms with Gasteiger partial charge in [0.05, 0.1) is 18.1 Å². The van der Waals surface area contributed by atoms with Crippen molar-refractivity contribution < 1.29 is 17.9 Å². The molecule has 1 aromatic heterocycles. The van der Waals surface area contributed by atoms with Gasteiger partial charge in [0.15, 0.2) is 9.84 Å². The monoisotopic (exact) mass is 249 g/mol. The second-order valence-corrected chi connectivity index (χ2v) is 5.92. The molecule has 0 amide bonds. The largest absolute Gasteiger partial charge is 0.462 e. The predicted octanol–water partition coefficient (Wildman–Crippen LogP) is 0.864. The van der Waals surface area contributed by atoms with Gasteiger partial charge < -0.3 is 4.74 Å². The molecule has 0 aliphatic rings. The van der Waals surface area contributed by atoms with Gasteiger partial charge in [0.25, 0.3) is 0 Å². The van der Waals surface area contributed by atoms with Crippen LogP contribution in [0.2, 0.25) is 0 Å². The van der Waals surface area contributed by atoms with Gasteiger partial charge in [-0.05, 0) is 24.5 Å². The van der Waals surface area contributed by atoms with Crippen molar-refractivity contribution in [3.63, 3.8) is 0 Å². The molecule has 0 aromatic carbocycles. The molecule has 0 aliphatic carbocycles. The summed E-state index contributed by atoms with van der Waals surface area (Å²) < 4.78 is 30.5. The Bertz CT molecular complexity index is 449. The van der Waals surface area contributed by atoms with E-state index < -0.39 is 15.8 Å². The van der Waals surface area contributed by atoms with Crippen molar-refractivity contribution in [2.75, 3.05) is 12.9 Å². The lowest BCUT2D eigenvalue weighted by molar-refractivity contribution is 0.0532. The fourth-order valence-electron chi connectivity index (χ4n) is 0.947. The lowest BCUT2D eigenvalue weighted by atomic mass is 10.4. The van der Waals surface area contributed by atoms with Gasteiger partial charge in [-0.3, -0.25) is 0 Å². The van der Waals surface area contributed by atoms with Crippen LogP contribution in [-0.4, -0.2) is 31.6 Å². The Labute approximate surface area is 92.2 Å². The van der Waals surface area contributed by atoms with Crippen LogP contribution in [0, 0.1) is 0 Å². The molecule has 15 heavy (non-hydrogen) atoms. The molecule has 5 nitrogen and oxygen atoms in total. The third-order valence-corrected chi connectivity index (χ3v) is 3.07. The highest BCUT2D eigenvalue weighted by Gasteiger charge is 2.14. The molecule has 0 saturated heterocycles. The number of hydrogen-bond acceptors (Lipinski definition) is 6. The van der Waals surface area contributed by atoms with Crippen LogP contribution in [0.1, 0.15) is 22.3 Å². The molecule has 84 valence electrons. The van der Waals surface area contributed by atoms with Crippen LogP contribution in [-0.2, 0) is 20.3 Å². The third kappa shape index (κ3) is 3.96. The Morgan fingerprint density at radius 1 is 1.60 bits per heavy atom. The van der Waals surface area contributed by atoms with Gasteiger partial charge in [-0.15, -0.1) is 0 Å². The van der Waals surface area contributed by atoms with Crippen LogP contribution in [0.4, 0.5) is 0 Å². The zero-order valence-electron chi connectivity index (χ0n) is 8.39. The molecular weight excluding hydrogens is 238 g/mol. The molecule has 0 aliphatic heterocycles. The quantitative estimate of drug-likeness (QED) is 0.740. The van der Waals surface area contributed by atoms with Crippen molar-refractivity contribution in [1.82, 2.24) is 4.37 Å². The second kappa shape index (κ2) is 4.71. The van der Waals surface area contributed by atoms with Crippen LogP contribution in [0.25, 0.3) is 0 Å². The minimum atomic E-state index is -3.11. The summed E-state index contributed by atoms with van der Waals surface area (Å²) in [4.78, 5) is 11.6. The highest BCUT2D eigenvalue weighted by Crippen LogP contribution is 2.13. The van der Waals surface area contributed by atoms with E-state index in [1.807, 2.05) is 0 Å². The number of aromatic nitrogens is 1. The van der Waals surface area contributed by atoms with Gasteiger partial charge in [0, 0.05) is 6.26 Å². The van der Waals surface area contributed by atoms with E-state index in [4.69, 9.17) is 4.74 Å². The Kier molecular flexibility index (Phi) is 3.81. The van der Waals surface area contributed by atoms with Crippen LogP contribution < -0.4 is 0 Å².